The minimum Gasteiger partial charge on any atom is -0.356 e. The molecule has 0 unspecified atom stereocenters. The molecular weight excluding hydrogens is 331 g/mol. The zero-order chi connectivity index (χ0) is 18.1. The highest BCUT2D eigenvalue weighted by molar-refractivity contribution is 5.64. The van der Waals surface area contributed by atoms with Gasteiger partial charge in [-0.3, -0.25) is 10.00 Å². The van der Waals surface area contributed by atoms with Crippen LogP contribution in [-0.4, -0.2) is 26.8 Å². The van der Waals surface area contributed by atoms with E-state index < -0.39 is 0 Å². The quantitative estimate of drug-likeness (QED) is 0.747. The molecule has 1 atom stereocenters. The summed E-state index contributed by atoms with van der Waals surface area (Å²) in [5.41, 5.74) is 4.63. The van der Waals surface area contributed by atoms with Gasteiger partial charge in [-0.2, -0.15) is 5.10 Å². The Hall–Kier alpha value is -2.47. The molecule has 1 aliphatic rings. The highest BCUT2D eigenvalue weighted by Crippen LogP contribution is 2.37. The Morgan fingerprint density at radius 2 is 2.12 bits per heavy atom. The first-order valence-electron chi connectivity index (χ1n) is 9.09. The van der Waals surface area contributed by atoms with Gasteiger partial charge >= 0.3 is 0 Å². The summed E-state index contributed by atoms with van der Waals surface area (Å²) in [6.45, 7) is 5.47. The van der Waals surface area contributed by atoms with E-state index in [9.17, 15) is 4.39 Å². The van der Waals surface area contributed by atoms with Crippen molar-refractivity contribution < 1.29 is 8.91 Å². The molecule has 26 heavy (non-hydrogen) atoms. The molecule has 0 spiro atoms. The van der Waals surface area contributed by atoms with Gasteiger partial charge in [0, 0.05) is 17.7 Å². The van der Waals surface area contributed by atoms with Crippen molar-refractivity contribution in [3.8, 4) is 11.3 Å². The summed E-state index contributed by atoms with van der Waals surface area (Å²) in [5, 5.41) is 11.5. The van der Waals surface area contributed by atoms with E-state index in [0.29, 0.717) is 6.54 Å². The van der Waals surface area contributed by atoms with Crippen LogP contribution in [0.25, 0.3) is 11.3 Å². The van der Waals surface area contributed by atoms with Crippen LogP contribution in [0.3, 0.4) is 0 Å². The Bertz CT molecular complexity index is 901. The van der Waals surface area contributed by atoms with Crippen LogP contribution in [0.4, 0.5) is 4.39 Å². The molecule has 1 N–H and O–H groups in total. The third-order valence-electron chi connectivity index (χ3n) is 5.35. The minimum atomic E-state index is -0.150. The van der Waals surface area contributed by atoms with Crippen molar-refractivity contribution in [3.63, 3.8) is 0 Å². The molecule has 5 nitrogen and oxygen atoms in total. The molecule has 1 fully saturated rings. The molecule has 136 valence electrons. The van der Waals surface area contributed by atoms with E-state index in [2.05, 4.69) is 20.3 Å². The summed E-state index contributed by atoms with van der Waals surface area (Å²) < 4.78 is 19.7. The summed E-state index contributed by atoms with van der Waals surface area (Å²) in [6, 6.07) is 7.16. The van der Waals surface area contributed by atoms with E-state index in [4.69, 9.17) is 4.52 Å². The molecule has 1 aromatic carbocycles. The van der Waals surface area contributed by atoms with Gasteiger partial charge < -0.3 is 4.52 Å². The molecular formula is C20H23FN4O. The average molecular weight is 354 g/mol. The predicted octanol–water partition coefficient (Wildman–Crippen LogP) is 4.55. The zero-order valence-corrected chi connectivity index (χ0v) is 15.1. The van der Waals surface area contributed by atoms with Crippen molar-refractivity contribution in [2.24, 2.45) is 0 Å². The van der Waals surface area contributed by atoms with Gasteiger partial charge in [0.25, 0.3) is 0 Å². The molecule has 0 radical (unpaired) electrons. The second-order valence-corrected chi connectivity index (χ2v) is 6.99. The number of likely N-dealkylation sites (tertiary alicyclic amines) is 1. The second kappa shape index (κ2) is 7.03. The maximum atomic E-state index is 14.1. The normalized spacial score (nSPS) is 18.3. The average Bonchev–Trinajstić information content (AvgIpc) is 3.25. The van der Waals surface area contributed by atoms with Gasteiger partial charge in [0.15, 0.2) is 5.76 Å². The van der Waals surface area contributed by atoms with Crippen molar-refractivity contribution in [3.05, 3.63) is 58.8 Å². The Morgan fingerprint density at radius 1 is 1.27 bits per heavy atom. The smallest absolute Gasteiger partial charge is 0.173 e. The molecule has 1 saturated heterocycles. The van der Waals surface area contributed by atoms with Crippen molar-refractivity contribution in [1.29, 1.82) is 0 Å². The molecule has 3 heterocycles. The molecule has 4 rings (SSSR count). The second-order valence-electron chi connectivity index (χ2n) is 6.99. The number of aryl methyl sites for hydroxylation is 1. The fourth-order valence-corrected chi connectivity index (χ4v) is 3.75. The first-order valence-corrected chi connectivity index (χ1v) is 9.09. The van der Waals surface area contributed by atoms with Crippen LogP contribution >= 0.6 is 0 Å². The third kappa shape index (κ3) is 3.05. The number of piperidine rings is 1. The lowest BCUT2D eigenvalue weighted by Crippen LogP contribution is -2.33. The standard InChI is InChI=1S/C20H23FN4O/c1-13-14(2)24-26-20(13)16-11-22-23-19(16)18-9-5-6-10-25(18)12-15-7-3-4-8-17(15)21/h3-4,7-8,11,18H,5-6,9-10,12H2,1-2H3,(H,22,23)/t18-/m1/s1. The summed E-state index contributed by atoms with van der Waals surface area (Å²) in [7, 11) is 0. The van der Waals surface area contributed by atoms with Gasteiger partial charge in [-0.1, -0.05) is 29.8 Å². The predicted molar refractivity (Wildman–Crippen MR) is 97.0 cm³/mol. The highest BCUT2D eigenvalue weighted by atomic mass is 19.1. The van der Waals surface area contributed by atoms with Crippen LogP contribution in [0.15, 0.2) is 35.0 Å². The van der Waals surface area contributed by atoms with Gasteiger partial charge in [-0.15, -0.1) is 0 Å². The maximum absolute atomic E-state index is 14.1. The van der Waals surface area contributed by atoms with Crippen LogP contribution in [0.5, 0.6) is 0 Å². The van der Waals surface area contributed by atoms with E-state index in [-0.39, 0.29) is 11.9 Å². The van der Waals surface area contributed by atoms with Gasteiger partial charge in [-0.05, 0) is 39.3 Å². The maximum Gasteiger partial charge on any atom is 0.173 e. The minimum absolute atomic E-state index is 0.150. The first kappa shape index (κ1) is 17.0. The lowest BCUT2D eigenvalue weighted by molar-refractivity contribution is 0.136. The Morgan fingerprint density at radius 3 is 2.88 bits per heavy atom. The van der Waals surface area contributed by atoms with Crippen LogP contribution < -0.4 is 0 Å². The zero-order valence-electron chi connectivity index (χ0n) is 15.1. The molecule has 6 heteroatoms. The largest absolute Gasteiger partial charge is 0.356 e. The number of nitrogens with zero attached hydrogens (tertiary/aromatic N) is 3. The SMILES string of the molecule is Cc1noc(-c2cn[nH]c2[C@H]2CCCCN2Cc2ccccc2F)c1C. The molecule has 1 aliphatic heterocycles. The fourth-order valence-electron chi connectivity index (χ4n) is 3.75. The van der Waals surface area contributed by atoms with Gasteiger partial charge in [0.2, 0.25) is 0 Å². The summed E-state index contributed by atoms with van der Waals surface area (Å²) in [6.07, 6.45) is 5.08. The van der Waals surface area contributed by atoms with Gasteiger partial charge in [0.1, 0.15) is 5.82 Å². The number of hydrogen-bond donors (Lipinski definition) is 1. The summed E-state index contributed by atoms with van der Waals surface area (Å²) in [5.74, 6) is 0.617. The summed E-state index contributed by atoms with van der Waals surface area (Å²) in [4.78, 5) is 2.33. The lowest BCUT2D eigenvalue weighted by Gasteiger charge is -2.35. The van der Waals surface area contributed by atoms with Gasteiger partial charge in [0.05, 0.1) is 29.2 Å². The number of hydrogen-bond acceptors (Lipinski definition) is 4. The Kier molecular flexibility index (Phi) is 4.59. The van der Waals surface area contributed by atoms with Crippen LogP contribution in [0, 0.1) is 19.7 Å². The number of aromatic nitrogens is 3. The number of aromatic amines is 1. The third-order valence-corrected chi connectivity index (χ3v) is 5.35. The van der Waals surface area contributed by atoms with E-state index in [1.54, 1.807) is 12.3 Å². The topological polar surface area (TPSA) is 58.0 Å². The highest BCUT2D eigenvalue weighted by Gasteiger charge is 2.29. The van der Waals surface area contributed by atoms with E-state index in [1.165, 1.54) is 6.07 Å². The number of rotatable bonds is 4. The van der Waals surface area contributed by atoms with E-state index in [1.807, 2.05) is 26.0 Å². The van der Waals surface area contributed by atoms with Crippen molar-refractivity contribution in [1.82, 2.24) is 20.3 Å². The first-order chi connectivity index (χ1) is 12.6. The van der Waals surface area contributed by atoms with Crippen LogP contribution in [0.1, 0.15) is 47.8 Å². The molecule has 3 aromatic rings. The number of benzene rings is 1. The van der Waals surface area contributed by atoms with Gasteiger partial charge in [-0.25, -0.2) is 4.39 Å². The lowest BCUT2D eigenvalue weighted by atomic mass is 9.95. The Labute approximate surface area is 152 Å². The molecule has 0 saturated carbocycles. The number of halogens is 1. The van der Waals surface area contributed by atoms with Crippen LogP contribution in [-0.2, 0) is 6.54 Å². The fraction of sp³-hybridized carbons (Fsp3) is 0.400. The van der Waals surface area contributed by atoms with Crippen molar-refractivity contribution in [2.75, 3.05) is 6.54 Å². The van der Waals surface area contributed by atoms with Crippen LogP contribution in [0.2, 0.25) is 0 Å². The van der Waals surface area contributed by atoms with E-state index in [0.717, 1.165) is 59.6 Å². The van der Waals surface area contributed by atoms with Crippen molar-refractivity contribution >= 4 is 0 Å². The molecule has 0 amide bonds. The number of nitrogens with one attached hydrogen (secondary N) is 1. The molecule has 0 aliphatic carbocycles. The summed E-state index contributed by atoms with van der Waals surface area (Å²) >= 11 is 0. The molecule has 2 aromatic heterocycles. The number of H-pyrrole nitrogens is 1. The monoisotopic (exact) mass is 354 g/mol. The van der Waals surface area contributed by atoms with Crippen molar-refractivity contribution in [2.45, 2.75) is 45.7 Å². The molecule has 0 bridgehead atoms. The Balaban J connectivity index is 1.67. The van der Waals surface area contributed by atoms with E-state index >= 15 is 0 Å².